The molecule has 0 spiro atoms. The summed E-state index contributed by atoms with van der Waals surface area (Å²) >= 11 is 0. The Morgan fingerprint density at radius 1 is 1.53 bits per heavy atom. The molecule has 0 aromatic carbocycles. The lowest BCUT2D eigenvalue weighted by Gasteiger charge is -2.19. The summed E-state index contributed by atoms with van der Waals surface area (Å²) in [5.41, 5.74) is 3.66. The number of carbonyl (C=O) groups excluding carboxylic acids is 1. The van der Waals surface area contributed by atoms with Gasteiger partial charge in [0.2, 0.25) is 0 Å². The molecule has 1 heterocycles. The first-order valence-electron chi connectivity index (χ1n) is 5.01. The number of carbonyl (C=O) groups is 1. The van der Waals surface area contributed by atoms with Gasteiger partial charge in [-0.2, -0.15) is 8.78 Å². The average Bonchev–Trinajstić information content (AvgIpc) is 2.64. The van der Waals surface area contributed by atoms with E-state index in [9.17, 15) is 13.6 Å². The van der Waals surface area contributed by atoms with Gasteiger partial charge in [0.05, 0.1) is 6.54 Å². The van der Waals surface area contributed by atoms with E-state index in [2.05, 4.69) is 4.98 Å². The average molecular weight is 247 g/mol. The van der Waals surface area contributed by atoms with Gasteiger partial charge in [-0.1, -0.05) is 0 Å². The van der Waals surface area contributed by atoms with E-state index in [1.807, 2.05) is 0 Å². The summed E-state index contributed by atoms with van der Waals surface area (Å²) in [6.07, 6.45) is 1.14. The van der Waals surface area contributed by atoms with Crippen molar-refractivity contribution in [2.45, 2.75) is 32.3 Å². The third-order valence-corrected chi connectivity index (χ3v) is 1.82. The quantitative estimate of drug-likeness (QED) is 0.863. The van der Waals surface area contributed by atoms with E-state index in [4.69, 9.17) is 10.5 Å². The molecule has 0 amide bonds. The second-order valence-corrected chi connectivity index (χ2v) is 4.56. The summed E-state index contributed by atoms with van der Waals surface area (Å²) in [5, 5.41) is 0. The zero-order valence-electron chi connectivity index (χ0n) is 9.91. The second kappa shape index (κ2) is 4.40. The molecule has 0 radical (unpaired) electrons. The lowest BCUT2D eigenvalue weighted by Crippen LogP contribution is -2.27. The number of halogens is 2. The molecule has 0 fully saturated rings. The molecule has 0 saturated carbocycles. The van der Waals surface area contributed by atoms with Crippen LogP contribution >= 0.6 is 0 Å². The van der Waals surface area contributed by atoms with Crippen LogP contribution in [0.25, 0.3) is 0 Å². The van der Waals surface area contributed by atoms with E-state index in [0.29, 0.717) is 0 Å². The van der Waals surface area contributed by atoms with E-state index in [1.165, 1.54) is 0 Å². The molecule has 1 rings (SSSR count). The molecule has 0 atom stereocenters. The van der Waals surface area contributed by atoms with Gasteiger partial charge in [0, 0.05) is 6.20 Å². The normalized spacial score (nSPS) is 12.6. The molecule has 0 aliphatic carbocycles. The van der Waals surface area contributed by atoms with Crippen molar-refractivity contribution in [2.24, 2.45) is 5.73 Å². The zero-order valence-corrected chi connectivity index (χ0v) is 9.91. The van der Waals surface area contributed by atoms with Gasteiger partial charge in [-0.15, -0.1) is 0 Å². The van der Waals surface area contributed by atoms with E-state index in [0.717, 1.165) is 17.1 Å². The van der Waals surface area contributed by atoms with Crippen molar-refractivity contribution in [3.05, 3.63) is 18.2 Å². The maximum atomic E-state index is 13.1. The number of alkyl halides is 2. The van der Waals surface area contributed by atoms with Gasteiger partial charge in [0.15, 0.2) is 0 Å². The third-order valence-electron chi connectivity index (χ3n) is 1.82. The standard InChI is InChI=1S/C10H15F2N3O2/c1-9(2,3)17-8(16)15-4-7(14-6-15)10(11,12)5-13/h4,6H,5,13H2,1-3H3. The molecule has 7 heteroatoms. The summed E-state index contributed by atoms with van der Waals surface area (Å²) in [7, 11) is 0. The minimum atomic E-state index is -3.24. The number of hydrogen-bond acceptors (Lipinski definition) is 4. The topological polar surface area (TPSA) is 70.1 Å². The Bertz CT molecular complexity index is 410. The molecule has 17 heavy (non-hydrogen) atoms. The Hall–Kier alpha value is -1.50. The van der Waals surface area contributed by atoms with E-state index in [-0.39, 0.29) is 0 Å². The van der Waals surface area contributed by atoms with Crippen LogP contribution in [0.5, 0.6) is 0 Å². The number of nitrogens with two attached hydrogens (primary N) is 1. The fourth-order valence-electron chi connectivity index (χ4n) is 1.03. The number of ether oxygens (including phenoxy) is 1. The molecule has 5 nitrogen and oxygen atoms in total. The van der Waals surface area contributed by atoms with E-state index < -0.39 is 29.9 Å². The Balaban J connectivity index is 2.85. The molecule has 0 saturated heterocycles. The molecule has 0 unspecified atom stereocenters. The molecular formula is C10H15F2N3O2. The summed E-state index contributed by atoms with van der Waals surface area (Å²) in [6.45, 7) is 4.17. The predicted octanol–water partition coefficient (Wildman–Crippen LogP) is 1.72. The Labute approximate surface area is 97.6 Å². The number of nitrogens with zero attached hydrogens (tertiary/aromatic N) is 2. The SMILES string of the molecule is CC(C)(C)OC(=O)n1cnc(C(F)(F)CN)c1. The van der Waals surface area contributed by atoms with Crippen LogP contribution in [-0.4, -0.2) is 27.8 Å². The van der Waals surface area contributed by atoms with Crippen molar-refractivity contribution < 1.29 is 18.3 Å². The molecule has 0 aliphatic heterocycles. The molecular weight excluding hydrogens is 232 g/mol. The highest BCUT2D eigenvalue weighted by molar-refractivity contribution is 5.70. The van der Waals surface area contributed by atoms with Gasteiger partial charge in [-0.3, -0.25) is 0 Å². The van der Waals surface area contributed by atoms with Crippen LogP contribution in [0, 0.1) is 0 Å². The van der Waals surface area contributed by atoms with E-state index in [1.54, 1.807) is 20.8 Å². The van der Waals surface area contributed by atoms with Crippen LogP contribution in [0.15, 0.2) is 12.5 Å². The van der Waals surface area contributed by atoms with Crippen molar-refractivity contribution >= 4 is 6.09 Å². The van der Waals surface area contributed by atoms with Gasteiger partial charge < -0.3 is 10.5 Å². The largest absolute Gasteiger partial charge is 0.443 e. The van der Waals surface area contributed by atoms with Crippen molar-refractivity contribution in [1.82, 2.24) is 9.55 Å². The summed E-state index contributed by atoms with van der Waals surface area (Å²) in [5.74, 6) is -3.24. The van der Waals surface area contributed by atoms with Gasteiger partial charge in [0.1, 0.15) is 17.6 Å². The number of imidazole rings is 1. The van der Waals surface area contributed by atoms with Crippen LogP contribution in [0.3, 0.4) is 0 Å². The maximum absolute atomic E-state index is 13.1. The number of hydrogen-bond donors (Lipinski definition) is 1. The minimum Gasteiger partial charge on any atom is -0.443 e. The highest BCUT2D eigenvalue weighted by Gasteiger charge is 2.33. The monoisotopic (exact) mass is 247 g/mol. The fourth-order valence-corrected chi connectivity index (χ4v) is 1.03. The van der Waals surface area contributed by atoms with Crippen LogP contribution in [-0.2, 0) is 10.7 Å². The fraction of sp³-hybridized carbons (Fsp3) is 0.600. The highest BCUT2D eigenvalue weighted by atomic mass is 19.3. The van der Waals surface area contributed by atoms with Crippen molar-refractivity contribution in [1.29, 1.82) is 0 Å². The molecule has 0 aliphatic rings. The second-order valence-electron chi connectivity index (χ2n) is 4.56. The number of rotatable bonds is 2. The van der Waals surface area contributed by atoms with Crippen LogP contribution in [0.1, 0.15) is 26.5 Å². The Morgan fingerprint density at radius 2 is 2.12 bits per heavy atom. The minimum absolute atomic E-state index is 0.550. The molecule has 1 aromatic rings. The first-order valence-corrected chi connectivity index (χ1v) is 5.01. The van der Waals surface area contributed by atoms with Crippen LogP contribution < -0.4 is 5.73 Å². The Kier molecular flexibility index (Phi) is 3.51. The smallest absolute Gasteiger partial charge is 0.419 e. The van der Waals surface area contributed by atoms with Crippen LogP contribution in [0.4, 0.5) is 13.6 Å². The molecule has 96 valence electrons. The number of aromatic nitrogens is 2. The lowest BCUT2D eigenvalue weighted by molar-refractivity contribution is 0.00167. The predicted molar refractivity (Wildman–Crippen MR) is 56.8 cm³/mol. The Morgan fingerprint density at radius 3 is 2.59 bits per heavy atom. The summed E-state index contributed by atoms with van der Waals surface area (Å²) in [6, 6.07) is 0. The van der Waals surface area contributed by atoms with Gasteiger partial charge >= 0.3 is 12.0 Å². The molecule has 0 bridgehead atoms. The van der Waals surface area contributed by atoms with Gasteiger partial charge in [0.25, 0.3) is 0 Å². The first-order chi connectivity index (χ1) is 7.65. The van der Waals surface area contributed by atoms with Crippen molar-refractivity contribution in [2.75, 3.05) is 6.54 Å². The van der Waals surface area contributed by atoms with Crippen molar-refractivity contribution in [3.63, 3.8) is 0 Å². The van der Waals surface area contributed by atoms with Crippen molar-refractivity contribution in [3.8, 4) is 0 Å². The third kappa shape index (κ3) is 3.48. The van der Waals surface area contributed by atoms with Crippen LogP contribution in [0.2, 0.25) is 0 Å². The van der Waals surface area contributed by atoms with Gasteiger partial charge in [-0.05, 0) is 20.8 Å². The molecule has 1 aromatic heterocycles. The van der Waals surface area contributed by atoms with E-state index >= 15 is 0 Å². The summed E-state index contributed by atoms with van der Waals surface area (Å²) < 4.78 is 32.2. The molecule has 2 N–H and O–H groups in total. The summed E-state index contributed by atoms with van der Waals surface area (Å²) in [4.78, 5) is 15.0. The zero-order chi connectivity index (χ0) is 13.3. The highest BCUT2D eigenvalue weighted by Crippen LogP contribution is 2.24. The van der Waals surface area contributed by atoms with Gasteiger partial charge in [-0.25, -0.2) is 14.3 Å². The maximum Gasteiger partial charge on any atom is 0.419 e. The lowest BCUT2D eigenvalue weighted by atomic mass is 10.2. The first kappa shape index (κ1) is 13.6.